The van der Waals surface area contributed by atoms with E-state index in [2.05, 4.69) is 4.98 Å². The molecule has 0 unspecified atom stereocenters. The van der Waals surface area contributed by atoms with Crippen LogP contribution in [0, 0.1) is 6.92 Å². The molecule has 4 rings (SSSR count). The molecule has 0 saturated heterocycles. The number of nitrogens with zero attached hydrogens (tertiary/aromatic N) is 3. The number of aromatic nitrogens is 1. The normalized spacial score (nSPS) is 12.5. The lowest BCUT2D eigenvalue weighted by molar-refractivity contribution is -0.129. The highest BCUT2D eigenvalue weighted by Crippen LogP contribution is 2.40. The Morgan fingerprint density at radius 3 is 2.46 bits per heavy atom. The van der Waals surface area contributed by atoms with Gasteiger partial charge in [0.25, 0.3) is 5.91 Å². The number of ether oxygens (including phenoxy) is 1. The molecule has 7 nitrogen and oxygen atoms in total. The zero-order valence-electron chi connectivity index (χ0n) is 19.5. The van der Waals surface area contributed by atoms with Crippen molar-refractivity contribution in [2.45, 2.75) is 20.1 Å². The molecule has 2 amide bonds. The lowest BCUT2D eigenvalue weighted by atomic mass is 9.93. The number of fused-ring (bicyclic) bond motifs is 1. The molecule has 0 radical (unpaired) electrons. The van der Waals surface area contributed by atoms with Gasteiger partial charge in [-0.15, -0.1) is 0 Å². The topological polar surface area (TPSA) is 79.8 Å². The van der Waals surface area contributed by atoms with Crippen LogP contribution in [0.15, 0.2) is 48.5 Å². The molecule has 2 heterocycles. The van der Waals surface area contributed by atoms with Crippen LogP contribution in [0.2, 0.25) is 10.0 Å². The van der Waals surface area contributed by atoms with Gasteiger partial charge < -0.3 is 14.5 Å². The number of halogens is 2. The third-order valence-electron chi connectivity index (χ3n) is 5.74. The van der Waals surface area contributed by atoms with Gasteiger partial charge in [-0.05, 0) is 24.6 Å². The second kappa shape index (κ2) is 10.1. The van der Waals surface area contributed by atoms with E-state index in [1.807, 2.05) is 30.3 Å². The summed E-state index contributed by atoms with van der Waals surface area (Å²) in [7, 11) is 3.25. The summed E-state index contributed by atoms with van der Waals surface area (Å²) in [6.07, 6.45) is 0. The van der Waals surface area contributed by atoms with Gasteiger partial charge in [-0.25, -0.2) is 4.79 Å². The smallest absolute Gasteiger partial charge is 0.340 e. The van der Waals surface area contributed by atoms with E-state index in [9.17, 15) is 14.4 Å². The molecular formula is C26H23Cl2N3O4. The number of hydrogen-bond donors (Lipinski definition) is 0. The number of hydrogen-bond acceptors (Lipinski definition) is 5. The van der Waals surface area contributed by atoms with Crippen molar-refractivity contribution in [3.8, 4) is 11.1 Å². The SMILES string of the molecule is Cc1nc2c(c(-c3ccc(Cl)cc3Cl)c1C(=O)OCc1ccccc1)C(=O)N(CC(=O)N(C)C)C2. The first kappa shape index (κ1) is 24.7. The van der Waals surface area contributed by atoms with Crippen LogP contribution >= 0.6 is 23.2 Å². The minimum atomic E-state index is -0.627. The van der Waals surface area contributed by atoms with Crippen molar-refractivity contribution in [2.24, 2.45) is 0 Å². The average Bonchev–Trinajstić information content (AvgIpc) is 3.12. The minimum absolute atomic E-state index is 0.0569. The van der Waals surface area contributed by atoms with E-state index in [0.29, 0.717) is 27.5 Å². The van der Waals surface area contributed by atoms with Crippen molar-refractivity contribution in [3.05, 3.63) is 86.7 Å². The first-order chi connectivity index (χ1) is 16.7. The summed E-state index contributed by atoms with van der Waals surface area (Å²) in [5, 5.41) is 0.692. The van der Waals surface area contributed by atoms with E-state index in [1.165, 1.54) is 9.80 Å². The number of amides is 2. The quantitative estimate of drug-likeness (QED) is 0.445. The predicted molar refractivity (Wildman–Crippen MR) is 133 cm³/mol. The molecule has 0 spiro atoms. The molecule has 3 aromatic rings. The van der Waals surface area contributed by atoms with Gasteiger partial charge in [0.15, 0.2) is 0 Å². The number of carbonyl (C=O) groups is 3. The van der Waals surface area contributed by atoms with Gasteiger partial charge in [-0.1, -0.05) is 59.6 Å². The van der Waals surface area contributed by atoms with Crippen LogP contribution < -0.4 is 0 Å². The lowest BCUT2D eigenvalue weighted by Gasteiger charge is -2.18. The summed E-state index contributed by atoms with van der Waals surface area (Å²) in [5.41, 5.74) is 2.87. The summed E-state index contributed by atoms with van der Waals surface area (Å²) in [6.45, 7) is 1.78. The van der Waals surface area contributed by atoms with Gasteiger partial charge in [0.05, 0.1) is 29.1 Å². The highest BCUT2D eigenvalue weighted by molar-refractivity contribution is 6.37. The molecule has 1 aliphatic heterocycles. The summed E-state index contributed by atoms with van der Waals surface area (Å²) in [6, 6.07) is 14.1. The van der Waals surface area contributed by atoms with Crippen LogP contribution in [-0.4, -0.2) is 53.2 Å². The lowest BCUT2D eigenvalue weighted by Crippen LogP contribution is -2.36. The maximum absolute atomic E-state index is 13.5. The number of benzene rings is 2. The molecule has 35 heavy (non-hydrogen) atoms. The highest BCUT2D eigenvalue weighted by Gasteiger charge is 2.37. The van der Waals surface area contributed by atoms with E-state index in [0.717, 1.165) is 5.56 Å². The summed E-state index contributed by atoms with van der Waals surface area (Å²) in [5.74, 6) is -1.25. The maximum Gasteiger partial charge on any atom is 0.340 e. The van der Waals surface area contributed by atoms with Crippen molar-refractivity contribution < 1.29 is 19.1 Å². The fourth-order valence-corrected chi connectivity index (χ4v) is 4.46. The molecule has 0 bridgehead atoms. The van der Waals surface area contributed by atoms with Crippen LogP contribution in [0.25, 0.3) is 11.1 Å². The Morgan fingerprint density at radius 2 is 1.80 bits per heavy atom. The number of likely N-dealkylation sites (N-methyl/N-ethyl adjacent to an activating group) is 1. The molecule has 0 fully saturated rings. The maximum atomic E-state index is 13.5. The number of aryl methyl sites for hydroxylation is 1. The Hall–Kier alpha value is -3.42. The number of pyridine rings is 1. The number of rotatable bonds is 6. The Labute approximate surface area is 213 Å². The second-order valence-electron chi connectivity index (χ2n) is 8.40. The van der Waals surface area contributed by atoms with Gasteiger partial charge in [-0.2, -0.15) is 0 Å². The molecule has 1 aromatic heterocycles. The molecule has 0 N–H and O–H groups in total. The van der Waals surface area contributed by atoms with E-state index < -0.39 is 11.9 Å². The van der Waals surface area contributed by atoms with Crippen molar-refractivity contribution in [1.82, 2.24) is 14.8 Å². The summed E-state index contributed by atoms with van der Waals surface area (Å²) in [4.78, 5) is 46.5. The Kier molecular flexibility index (Phi) is 7.10. The zero-order valence-corrected chi connectivity index (χ0v) is 21.0. The average molecular weight is 512 g/mol. The van der Waals surface area contributed by atoms with E-state index in [-0.39, 0.29) is 41.8 Å². The highest BCUT2D eigenvalue weighted by atomic mass is 35.5. The van der Waals surface area contributed by atoms with Gasteiger partial charge in [0.2, 0.25) is 5.91 Å². The largest absolute Gasteiger partial charge is 0.457 e. The fourth-order valence-electron chi connectivity index (χ4n) is 3.96. The Bertz CT molecular complexity index is 1330. The molecule has 2 aromatic carbocycles. The van der Waals surface area contributed by atoms with Crippen LogP contribution in [0.1, 0.15) is 37.7 Å². The molecule has 0 aliphatic carbocycles. The van der Waals surface area contributed by atoms with E-state index in [1.54, 1.807) is 39.2 Å². The van der Waals surface area contributed by atoms with Crippen molar-refractivity contribution in [2.75, 3.05) is 20.6 Å². The molecule has 0 saturated carbocycles. The van der Waals surface area contributed by atoms with Crippen LogP contribution in [0.5, 0.6) is 0 Å². The molecule has 9 heteroatoms. The number of carbonyl (C=O) groups excluding carboxylic acids is 3. The van der Waals surface area contributed by atoms with Crippen molar-refractivity contribution >= 4 is 41.0 Å². The fraction of sp³-hybridized carbons (Fsp3) is 0.231. The first-order valence-electron chi connectivity index (χ1n) is 10.9. The molecule has 0 atom stereocenters. The third kappa shape index (κ3) is 5.01. The van der Waals surface area contributed by atoms with Gasteiger partial charge >= 0.3 is 5.97 Å². The molecule has 1 aliphatic rings. The van der Waals surface area contributed by atoms with E-state index in [4.69, 9.17) is 27.9 Å². The second-order valence-corrected chi connectivity index (χ2v) is 9.25. The predicted octanol–water partition coefficient (Wildman–Crippen LogP) is 4.76. The minimum Gasteiger partial charge on any atom is -0.457 e. The molecular weight excluding hydrogens is 489 g/mol. The van der Waals surface area contributed by atoms with Crippen molar-refractivity contribution in [3.63, 3.8) is 0 Å². The summed E-state index contributed by atoms with van der Waals surface area (Å²) >= 11 is 12.6. The van der Waals surface area contributed by atoms with Gasteiger partial charge in [0.1, 0.15) is 13.2 Å². The van der Waals surface area contributed by atoms with Crippen molar-refractivity contribution in [1.29, 1.82) is 0 Å². The zero-order chi connectivity index (χ0) is 25.3. The molecule has 180 valence electrons. The summed E-state index contributed by atoms with van der Waals surface area (Å²) < 4.78 is 5.60. The van der Waals surface area contributed by atoms with Crippen LogP contribution in [0.4, 0.5) is 0 Å². The van der Waals surface area contributed by atoms with E-state index >= 15 is 0 Å². The Balaban J connectivity index is 1.82. The monoisotopic (exact) mass is 511 g/mol. The first-order valence-corrected chi connectivity index (χ1v) is 11.6. The van der Waals surface area contributed by atoms with Gasteiger partial charge in [0, 0.05) is 35.3 Å². The number of esters is 1. The van der Waals surface area contributed by atoms with Gasteiger partial charge in [-0.3, -0.25) is 14.6 Å². The Morgan fingerprint density at radius 1 is 1.09 bits per heavy atom. The standard InChI is InChI=1S/C26H23Cl2N3O4/c1-15-22(26(34)35-14-16-7-5-4-6-8-16)23(18-10-9-17(27)11-19(18)28)24-20(29-15)12-31(25(24)33)13-21(32)30(2)3/h4-11H,12-14H2,1-3H3. The third-order valence-corrected chi connectivity index (χ3v) is 6.28. The van der Waals surface area contributed by atoms with Crippen LogP contribution in [0.3, 0.4) is 0 Å². The van der Waals surface area contributed by atoms with Crippen LogP contribution in [-0.2, 0) is 22.7 Å².